The van der Waals surface area contributed by atoms with E-state index in [2.05, 4.69) is 4.74 Å². The van der Waals surface area contributed by atoms with Crippen molar-refractivity contribution in [2.75, 3.05) is 46.1 Å². The number of halogens is 1. The molecular formula is C9H20ClN3O4S. The fourth-order valence-corrected chi connectivity index (χ4v) is 2.70. The molecule has 1 fully saturated rings. The average Bonchev–Trinajstić information content (AvgIpc) is 2.29. The standard InChI is InChI=1S/C9H19N3O4S.ClH/c1-16-9(13)8(7-10)11-3-5-12(6-4-11)17(2,14)15;/h8H,3-7,10H2,1-2H3;1H/t8-;/m0./s1. The van der Waals surface area contributed by atoms with Gasteiger partial charge in [0.15, 0.2) is 0 Å². The quantitative estimate of drug-likeness (QED) is 0.634. The summed E-state index contributed by atoms with van der Waals surface area (Å²) in [5.74, 6) is -0.375. The minimum atomic E-state index is -3.15. The first-order chi connectivity index (χ1) is 7.90. The number of carbonyl (C=O) groups excluding carboxylic acids is 1. The molecule has 0 amide bonds. The lowest BCUT2D eigenvalue weighted by molar-refractivity contribution is -0.147. The van der Waals surface area contributed by atoms with Gasteiger partial charge >= 0.3 is 5.97 Å². The minimum absolute atomic E-state index is 0. The van der Waals surface area contributed by atoms with Crippen molar-refractivity contribution < 1.29 is 17.9 Å². The van der Waals surface area contributed by atoms with E-state index >= 15 is 0 Å². The molecule has 1 atom stereocenters. The van der Waals surface area contributed by atoms with E-state index in [0.29, 0.717) is 26.2 Å². The van der Waals surface area contributed by atoms with Crippen LogP contribution >= 0.6 is 12.4 Å². The van der Waals surface area contributed by atoms with Gasteiger partial charge in [0.1, 0.15) is 6.04 Å². The molecule has 1 rings (SSSR count). The van der Waals surface area contributed by atoms with Crippen LogP contribution in [0.1, 0.15) is 0 Å². The Labute approximate surface area is 114 Å². The summed E-state index contributed by atoms with van der Waals surface area (Å²) >= 11 is 0. The fraction of sp³-hybridized carbons (Fsp3) is 0.889. The summed E-state index contributed by atoms with van der Waals surface area (Å²) in [4.78, 5) is 13.3. The number of hydrogen-bond acceptors (Lipinski definition) is 6. The van der Waals surface area contributed by atoms with Crippen LogP contribution < -0.4 is 5.73 Å². The van der Waals surface area contributed by atoms with E-state index in [4.69, 9.17) is 5.73 Å². The molecule has 1 aliphatic heterocycles. The van der Waals surface area contributed by atoms with Crippen LogP contribution in [-0.2, 0) is 19.6 Å². The second-order valence-corrected chi connectivity index (χ2v) is 5.96. The molecular weight excluding hydrogens is 282 g/mol. The maximum absolute atomic E-state index is 11.4. The highest BCUT2D eigenvalue weighted by molar-refractivity contribution is 7.88. The van der Waals surface area contributed by atoms with Gasteiger partial charge < -0.3 is 10.5 Å². The topological polar surface area (TPSA) is 92.9 Å². The Kier molecular flexibility index (Phi) is 7.08. The molecule has 1 heterocycles. The second kappa shape index (κ2) is 7.25. The van der Waals surface area contributed by atoms with E-state index in [1.807, 2.05) is 4.90 Å². The van der Waals surface area contributed by atoms with Crippen LogP contribution in [0.25, 0.3) is 0 Å². The lowest BCUT2D eigenvalue weighted by atomic mass is 10.2. The molecule has 0 bridgehead atoms. The largest absolute Gasteiger partial charge is 0.468 e. The van der Waals surface area contributed by atoms with E-state index < -0.39 is 16.1 Å². The first-order valence-electron chi connectivity index (χ1n) is 5.37. The highest BCUT2D eigenvalue weighted by Gasteiger charge is 2.30. The summed E-state index contributed by atoms with van der Waals surface area (Å²) in [6.07, 6.45) is 1.18. The summed E-state index contributed by atoms with van der Waals surface area (Å²) in [5, 5.41) is 0. The Morgan fingerprint density at radius 3 is 2.17 bits per heavy atom. The highest BCUT2D eigenvalue weighted by Crippen LogP contribution is 2.09. The van der Waals surface area contributed by atoms with Crippen molar-refractivity contribution >= 4 is 28.4 Å². The molecule has 0 aliphatic carbocycles. The van der Waals surface area contributed by atoms with E-state index in [1.54, 1.807) is 0 Å². The number of hydrogen-bond donors (Lipinski definition) is 1. The molecule has 0 radical (unpaired) electrons. The zero-order chi connectivity index (χ0) is 13.1. The number of nitrogens with two attached hydrogens (primary N) is 1. The number of rotatable bonds is 4. The van der Waals surface area contributed by atoms with Crippen molar-refractivity contribution in [2.45, 2.75) is 6.04 Å². The third kappa shape index (κ3) is 4.36. The third-order valence-electron chi connectivity index (χ3n) is 2.88. The Hall–Kier alpha value is -0.410. The maximum Gasteiger partial charge on any atom is 0.324 e. The highest BCUT2D eigenvalue weighted by atomic mass is 35.5. The van der Waals surface area contributed by atoms with Gasteiger partial charge in [-0.3, -0.25) is 9.69 Å². The molecule has 18 heavy (non-hydrogen) atoms. The van der Waals surface area contributed by atoms with Gasteiger partial charge in [-0.05, 0) is 0 Å². The molecule has 0 saturated carbocycles. The number of esters is 1. The third-order valence-corrected chi connectivity index (χ3v) is 4.18. The number of ether oxygens (including phenoxy) is 1. The van der Waals surface area contributed by atoms with Gasteiger partial charge in [-0.2, -0.15) is 4.31 Å². The lowest BCUT2D eigenvalue weighted by Crippen LogP contribution is -2.56. The van der Waals surface area contributed by atoms with Crippen LogP contribution in [0.5, 0.6) is 0 Å². The first kappa shape index (κ1) is 17.6. The number of nitrogens with zero attached hydrogens (tertiary/aromatic N) is 2. The molecule has 0 unspecified atom stereocenters. The molecule has 0 aromatic carbocycles. The second-order valence-electron chi connectivity index (χ2n) is 3.97. The Morgan fingerprint density at radius 2 is 1.83 bits per heavy atom. The number of piperazine rings is 1. The van der Waals surface area contributed by atoms with Crippen molar-refractivity contribution in [1.82, 2.24) is 9.21 Å². The van der Waals surface area contributed by atoms with Gasteiger partial charge in [-0.25, -0.2) is 8.42 Å². The SMILES string of the molecule is COC(=O)[C@H](CN)N1CCN(S(C)(=O)=O)CC1.Cl. The molecule has 0 aromatic heterocycles. The normalized spacial score (nSPS) is 19.9. The van der Waals surface area contributed by atoms with Crippen LogP contribution in [0.4, 0.5) is 0 Å². The van der Waals surface area contributed by atoms with Crippen molar-refractivity contribution in [1.29, 1.82) is 0 Å². The maximum atomic E-state index is 11.4. The van der Waals surface area contributed by atoms with E-state index in [-0.39, 0.29) is 24.9 Å². The predicted molar refractivity (Wildman–Crippen MR) is 70.1 cm³/mol. The summed E-state index contributed by atoms with van der Waals surface area (Å²) in [7, 11) is -1.83. The molecule has 1 saturated heterocycles. The summed E-state index contributed by atoms with van der Waals surface area (Å²) in [6, 6.07) is -0.485. The first-order valence-corrected chi connectivity index (χ1v) is 7.22. The van der Waals surface area contributed by atoms with Crippen molar-refractivity contribution in [3.05, 3.63) is 0 Å². The minimum Gasteiger partial charge on any atom is -0.468 e. The van der Waals surface area contributed by atoms with Gasteiger partial charge in [0.2, 0.25) is 10.0 Å². The van der Waals surface area contributed by atoms with Gasteiger partial charge in [0.05, 0.1) is 13.4 Å². The van der Waals surface area contributed by atoms with Gasteiger partial charge in [0, 0.05) is 32.7 Å². The number of carbonyl (C=O) groups is 1. The molecule has 0 aromatic rings. The zero-order valence-electron chi connectivity index (χ0n) is 10.5. The molecule has 9 heteroatoms. The number of methoxy groups -OCH3 is 1. The summed E-state index contributed by atoms with van der Waals surface area (Å²) < 4.78 is 28.7. The molecule has 108 valence electrons. The monoisotopic (exact) mass is 301 g/mol. The van der Waals surface area contributed by atoms with Crippen LogP contribution in [0.3, 0.4) is 0 Å². The van der Waals surface area contributed by atoms with Gasteiger partial charge in [-0.15, -0.1) is 12.4 Å². The Balaban J connectivity index is 0.00000289. The van der Waals surface area contributed by atoms with Crippen LogP contribution in [0.2, 0.25) is 0 Å². The van der Waals surface area contributed by atoms with Crippen LogP contribution in [-0.4, -0.2) is 75.7 Å². The molecule has 0 spiro atoms. The summed E-state index contributed by atoms with van der Waals surface area (Å²) in [6.45, 7) is 1.91. The Bertz CT molecular complexity index is 368. The summed E-state index contributed by atoms with van der Waals surface area (Å²) in [5.41, 5.74) is 5.53. The van der Waals surface area contributed by atoms with E-state index in [0.717, 1.165) is 0 Å². The smallest absolute Gasteiger partial charge is 0.324 e. The van der Waals surface area contributed by atoms with Crippen molar-refractivity contribution in [2.24, 2.45) is 5.73 Å². The number of sulfonamides is 1. The van der Waals surface area contributed by atoms with E-state index in [1.165, 1.54) is 17.7 Å². The predicted octanol–water partition coefficient (Wildman–Crippen LogP) is -1.51. The molecule has 7 nitrogen and oxygen atoms in total. The average molecular weight is 302 g/mol. The zero-order valence-corrected chi connectivity index (χ0v) is 12.2. The molecule has 1 aliphatic rings. The van der Waals surface area contributed by atoms with Crippen molar-refractivity contribution in [3.63, 3.8) is 0 Å². The Morgan fingerprint density at radius 1 is 1.33 bits per heavy atom. The van der Waals surface area contributed by atoms with Crippen LogP contribution in [0.15, 0.2) is 0 Å². The van der Waals surface area contributed by atoms with Crippen molar-refractivity contribution in [3.8, 4) is 0 Å². The van der Waals surface area contributed by atoms with Gasteiger partial charge in [0.25, 0.3) is 0 Å². The van der Waals surface area contributed by atoms with E-state index in [9.17, 15) is 13.2 Å². The lowest BCUT2D eigenvalue weighted by Gasteiger charge is -2.36. The molecule has 2 N–H and O–H groups in total. The van der Waals surface area contributed by atoms with Gasteiger partial charge in [-0.1, -0.05) is 0 Å². The van der Waals surface area contributed by atoms with Crippen LogP contribution in [0, 0.1) is 0 Å². The fourth-order valence-electron chi connectivity index (χ4n) is 1.88.